The van der Waals surface area contributed by atoms with Gasteiger partial charge in [0.05, 0.1) is 7.11 Å². The number of ether oxygens (including phenoxy) is 1. The van der Waals surface area contributed by atoms with Gasteiger partial charge in [-0.2, -0.15) is 0 Å². The van der Waals surface area contributed by atoms with Crippen molar-refractivity contribution in [2.24, 2.45) is 10.9 Å². The van der Waals surface area contributed by atoms with Crippen LogP contribution in [-0.4, -0.2) is 39.8 Å². The van der Waals surface area contributed by atoms with Crippen LogP contribution < -0.4 is 20.3 Å². The summed E-state index contributed by atoms with van der Waals surface area (Å²) in [7, 11) is 3.50. The molecule has 6 heteroatoms. The largest absolute Gasteiger partial charge is 0.497 e. The predicted octanol–water partition coefficient (Wildman–Crippen LogP) is 3.65. The molecular formula is C21H27BrN4O. The molecule has 3 rings (SSSR count). The highest BCUT2D eigenvalue weighted by atomic mass is 79.9. The second kappa shape index (κ2) is 9.65. The lowest BCUT2D eigenvalue weighted by atomic mass is 10.1. The van der Waals surface area contributed by atoms with Gasteiger partial charge in [0, 0.05) is 43.4 Å². The SMILES string of the molecule is CN=C(NCc1cccc(OC)c1)NCC1CCN(c2cccc(Br)c2)C1. The number of rotatable bonds is 6. The third-order valence-electron chi connectivity index (χ3n) is 4.84. The molecule has 27 heavy (non-hydrogen) atoms. The Labute approximate surface area is 170 Å². The molecule has 0 bridgehead atoms. The number of benzene rings is 2. The quantitative estimate of drug-likeness (QED) is 0.542. The molecule has 0 radical (unpaired) electrons. The van der Waals surface area contributed by atoms with Crippen LogP contribution >= 0.6 is 15.9 Å². The molecular weight excluding hydrogens is 404 g/mol. The number of methoxy groups -OCH3 is 1. The van der Waals surface area contributed by atoms with Gasteiger partial charge in [-0.25, -0.2) is 0 Å². The van der Waals surface area contributed by atoms with Gasteiger partial charge in [0.25, 0.3) is 0 Å². The third-order valence-corrected chi connectivity index (χ3v) is 5.33. The highest BCUT2D eigenvalue weighted by Crippen LogP contribution is 2.25. The van der Waals surface area contributed by atoms with Gasteiger partial charge in [-0.3, -0.25) is 4.99 Å². The topological polar surface area (TPSA) is 48.9 Å². The first-order chi connectivity index (χ1) is 13.2. The molecule has 1 heterocycles. The minimum Gasteiger partial charge on any atom is -0.497 e. The Balaban J connectivity index is 1.46. The zero-order valence-corrected chi connectivity index (χ0v) is 17.5. The highest BCUT2D eigenvalue weighted by Gasteiger charge is 2.22. The average molecular weight is 431 g/mol. The maximum Gasteiger partial charge on any atom is 0.191 e. The van der Waals surface area contributed by atoms with E-state index in [-0.39, 0.29) is 0 Å². The molecule has 1 aliphatic heterocycles. The number of halogens is 1. The van der Waals surface area contributed by atoms with Crippen LogP contribution in [0.15, 0.2) is 58.0 Å². The minimum atomic E-state index is 0.611. The van der Waals surface area contributed by atoms with E-state index in [0.29, 0.717) is 12.5 Å². The molecule has 0 amide bonds. The summed E-state index contributed by atoms with van der Waals surface area (Å²) in [6.45, 7) is 3.79. The Bertz CT molecular complexity index is 780. The average Bonchev–Trinajstić information content (AvgIpc) is 3.17. The number of hydrogen-bond donors (Lipinski definition) is 2. The fourth-order valence-corrected chi connectivity index (χ4v) is 3.72. The van der Waals surface area contributed by atoms with E-state index < -0.39 is 0 Å². The maximum atomic E-state index is 5.28. The summed E-state index contributed by atoms with van der Waals surface area (Å²) in [5.74, 6) is 2.31. The second-order valence-corrected chi connectivity index (χ2v) is 7.65. The van der Waals surface area contributed by atoms with Crippen LogP contribution in [0.25, 0.3) is 0 Å². The van der Waals surface area contributed by atoms with E-state index in [1.54, 1.807) is 7.11 Å². The predicted molar refractivity (Wildman–Crippen MR) is 116 cm³/mol. The second-order valence-electron chi connectivity index (χ2n) is 6.74. The Morgan fingerprint density at radius 2 is 2.07 bits per heavy atom. The van der Waals surface area contributed by atoms with Crippen LogP contribution in [0.2, 0.25) is 0 Å². The van der Waals surface area contributed by atoms with Crippen molar-refractivity contribution in [3.8, 4) is 5.75 Å². The van der Waals surface area contributed by atoms with Gasteiger partial charge in [0.15, 0.2) is 5.96 Å². The Morgan fingerprint density at radius 3 is 2.85 bits per heavy atom. The van der Waals surface area contributed by atoms with Crippen LogP contribution in [0.4, 0.5) is 5.69 Å². The first-order valence-electron chi connectivity index (χ1n) is 9.26. The summed E-state index contributed by atoms with van der Waals surface area (Å²) in [6.07, 6.45) is 1.19. The fraction of sp³-hybridized carbons (Fsp3) is 0.381. The van der Waals surface area contributed by atoms with Crippen LogP contribution in [0, 0.1) is 5.92 Å². The van der Waals surface area contributed by atoms with Crippen LogP contribution in [-0.2, 0) is 6.54 Å². The Hall–Kier alpha value is -2.21. The van der Waals surface area contributed by atoms with E-state index in [2.05, 4.69) is 66.8 Å². The molecule has 144 valence electrons. The molecule has 0 aromatic heterocycles. The molecule has 1 unspecified atom stereocenters. The lowest BCUT2D eigenvalue weighted by Crippen LogP contribution is -2.39. The van der Waals surface area contributed by atoms with Crippen LogP contribution in [0.5, 0.6) is 5.75 Å². The number of anilines is 1. The summed E-state index contributed by atoms with van der Waals surface area (Å²) in [5, 5.41) is 6.84. The zero-order valence-electron chi connectivity index (χ0n) is 15.9. The standard InChI is InChI=1S/C21H27BrN4O/c1-23-21(24-13-16-5-3-8-20(11-16)27-2)25-14-17-9-10-26(15-17)19-7-4-6-18(22)12-19/h3-8,11-12,17H,9-10,13-15H2,1-2H3,(H2,23,24,25). The zero-order chi connectivity index (χ0) is 19.1. The molecule has 0 aliphatic carbocycles. The first-order valence-corrected chi connectivity index (χ1v) is 10.0. The van der Waals surface area contributed by atoms with Gasteiger partial charge in [-0.05, 0) is 48.2 Å². The van der Waals surface area contributed by atoms with Crippen molar-refractivity contribution >= 4 is 27.6 Å². The van der Waals surface area contributed by atoms with Crippen molar-refractivity contribution in [1.29, 1.82) is 0 Å². The molecule has 0 saturated carbocycles. The van der Waals surface area contributed by atoms with Gasteiger partial charge in [0.1, 0.15) is 5.75 Å². The smallest absolute Gasteiger partial charge is 0.191 e. The molecule has 2 aromatic rings. The van der Waals surface area contributed by atoms with E-state index in [4.69, 9.17) is 4.74 Å². The Morgan fingerprint density at radius 1 is 1.22 bits per heavy atom. The van der Waals surface area contributed by atoms with Gasteiger partial charge in [-0.15, -0.1) is 0 Å². The summed E-state index contributed by atoms with van der Waals surface area (Å²) in [6, 6.07) is 16.6. The van der Waals surface area contributed by atoms with Crippen molar-refractivity contribution in [3.05, 3.63) is 58.6 Å². The van der Waals surface area contributed by atoms with Crippen LogP contribution in [0.3, 0.4) is 0 Å². The van der Waals surface area contributed by atoms with Crippen molar-refractivity contribution in [1.82, 2.24) is 10.6 Å². The molecule has 1 fully saturated rings. The lowest BCUT2D eigenvalue weighted by molar-refractivity contribution is 0.414. The van der Waals surface area contributed by atoms with E-state index in [0.717, 1.165) is 35.8 Å². The lowest BCUT2D eigenvalue weighted by Gasteiger charge is -2.20. The van der Waals surface area contributed by atoms with Crippen LogP contribution in [0.1, 0.15) is 12.0 Å². The molecule has 5 nitrogen and oxygen atoms in total. The van der Waals surface area contributed by atoms with E-state index >= 15 is 0 Å². The number of nitrogens with one attached hydrogen (secondary N) is 2. The monoisotopic (exact) mass is 430 g/mol. The van der Waals surface area contributed by atoms with Gasteiger partial charge >= 0.3 is 0 Å². The molecule has 0 spiro atoms. The number of hydrogen-bond acceptors (Lipinski definition) is 3. The normalized spacial score (nSPS) is 17.1. The number of aliphatic imine (C=N–C) groups is 1. The summed E-state index contributed by atoms with van der Waals surface area (Å²) in [5.41, 5.74) is 2.45. The first kappa shape index (κ1) is 19.5. The molecule has 2 aromatic carbocycles. The van der Waals surface area contributed by atoms with Crippen molar-refractivity contribution < 1.29 is 4.74 Å². The molecule has 1 aliphatic rings. The molecule has 1 atom stereocenters. The maximum absolute atomic E-state index is 5.28. The van der Waals surface area contributed by atoms with E-state index in [9.17, 15) is 0 Å². The summed E-state index contributed by atoms with van der Waals surface area (Å²) >= 11 is 3.56. The van der Waals surface area contributed by atoms with Gasteiger partial charge in [-0.1, -0.05) is 34.1 Å². The number of nitrogens with zero attached hydrogens (tertiary/aromatic N) is 2. The van der Waals surface area contributed by atoms with Crippen molar-refractivity contribution in [3.63, 3.8) is 0 Å². The van der Waals surface area contributed by atoms with Crippen molar-refractivity contribution in [2.45, 2.75) is 13.0 Å². The minimum absolute atomic E-state index is 0.611. The van der Waals surface area contributed by atoms with E-state index in [1.807, 2.05) is 25.2 Å². The van der Waals surface area contributed by atoms with Gasteiger partial charge in [0.2, 0.25) is 0 Å². The third kappa shape index (κ3) is 5.63. The highest BCUT2D eigenvalue weighted by molar-refractivity contribution is 9.10. The summed E-state index contributed by atoms with van der Waals surface area (Å²) in [4.78, 5) is 6.79. The van der Waals surface area contributed by atoms with Crippen molar-refractivity contribution in [2.75, 3.05) is 38.7 Å². The Kier molecular flexibility index (Phi) is 6.98. The van der Waals surface area contributed by atoms with Gasteiger partial charge < -0.3 is 20.3 Å². The molecule has 1 saturated heterocycles. The van der Waals surface area contributed by atoms with E-state index in [1.165, 1.54) is 17.7 Å². The fourth-order valence-electron chi connectivity index (χ4n) is 3.34. The summed E-state index contributed by atoms with van der Waals surface area (Å²) < 4.78 is 6.40. The number of guanidine groups is 1. The molecule has 2 N–H and O–H groups in total.